The van der Waals surface area contributed by atoms with Gasteiger partial charge in [0.2, 0.25) is 5.91 Å². The van der Waals surface area contributed by atoms with Crippen LogP contribution >= 0.6 is 11.6 Å². The largest absolute Gasteiger partial charge is 0.384 e. The van der Waals surface area contributed by atoms with Crippen molar-refractivity contribution in [2.45, 2.75) is 25.4 Å². The molecule has 2 aromatic heterocycles. The number of aliphatic hydroxyl groups is 1. The van der Waals surface area contributed by atoms with E-state index in [2.05, 4.69) is 15.2 Å². The van der Waals surface area contributed by atoms with Crippen LogP contribution in [-0.2, 0) is 10.4 Å². The number of hydrogen-bond donors (Lipinski definition) is 1. The molecule has 5 atom stereocenters. The molecule has 9 heteroatoms. The van der Waals surface area contributed by atoms with Gasteiger partial charge >= 0.3 is 0 Å². The number of piperidine rings is 1. The van der Waals surface area contributed by atoms with Crippen molar-refractivity contribution >= 4 is 23.3 Å². The number of anilines is 1. The number of nitrogens with zero attached hydrogens (tertiary/aromatic N) is 6. The number of benzene rings is 1. The molecule has 0 radical (unpaired) electrons. The zero-order valence-electron chi connectivity index (χ0n) is 20.8. The number of amides is 1. The van der Waals surface area contributed by atoms with Crippen molar-refractivity contribution < 1.29 is 9.90 Å². The zero-order valence-corrected chi connectivity index (χ0v) is 21.6. The number of carbonyl (C=O) groups excluding carboxylic acids is 1. The van der Waals surface area contributed by atoms with Gasteiger partial charge in [-0.15, -0.1) is 10.2 Å². The van der Waals surface area contributed by atoms with E-state index in [0.29, 0.717) is 37.0 Å². The molecule has 0 spiro atoms. The first kappa shape index (κ1) is 25.1. The molecule has 2 aliphatic heterocycles. The van der Waals surface area contributed by atoms with Gasteiger partial charge in [-0.05, 0) is 29.8 Å². The van der Waals surface area contributed by atoms with E-state index in [1.54, 1.807) is 24.4 Å². The highest BCUT2D eigenvalue weighted by Gasteiger charge is 2.49. The lowest BCUT2D eigenvalue weighted by Gasteiger charge is -2.48. The molecule has 0 bridgehead atoms. The summed E-state index contributed by atoms with van der Waals surface area (Å²) in [6, 6.07) is 18.8. The van der Waals surface area contributed by atoms with Gasteiger partial charge in [0.1, 0.15) is 6.07 Å². The zero-order chi connectivity index (χ0) is 26.2. The summed E-state index contributed by atoms with van der Waals surface area (Å²) in [6.07, 6.45) is 1.60. The first-order valence-corrected chi connectivity index (χ1v) is 12.9. The second-order valence-electron chi connectivity index (χ2n) is 10.1. The third-order valence-electron chi connectivity index (χ3n) is 7.90. The van der Waals surface area contributed by atoms with Crippen LogP contribution in [-0.4, -0.2) is 57.3 Å². The molecule has 2 aliphatic rings. The van der Waals surface area contributed by atoms with E-state index in [-0.39, 0.29) is 35.3 Å². The number of rotatable bonds is 4. The van der Waals surface area contributed by atoms with Gasteiger partial charge in [0.05, 0.1) is 16.5 Å². The van der Waals surface area contributed by atoms with Crippen molar-refractivity contribution in [2.75, 3.05) is 31.1 Å². The normalized spacial score (nSPS) is 27.6. The molecule has 190 valence electrons. The fourth-order valence-corrected chi connectivity index (χ4v) is 6.00. The maximum Gasteiger partial charge on any atom is 0.228 e. The van der Waals surface area contributed by atoms with Crippen LogP contribution in [0.15, 0.2) is 60.8 Å². The van der Waals surface area contributed by atoms with E-state index >= 15 is 0 Å². The Kier molecular flexibility index (Phi) is 6.84. The first-order chi connectivity index (χ1) is 17.8. The van der Waals surface area contributed by atoms with Crippen LogP contribution in [0, 0.1) is 29.1 Å². The van der Waals surface area contributed by atoms with E-state index < -0.39 is 5.60 Å². The molecule has 1 aromatic carbocycles. The summed E-state index contributed by atoms with van der Waals surface area (Å²) in [4.78, 5) is 22.5. The van der Waals surface area contributed by atoms with Crippen LogP contribution in [0.4, 0.5) is 5.82 Å². The van der Waals surface area contributed by atoms with Crippen molar-refractivity contribution in [3.63, 3.8) is 0 Å². The fraction of sp³-hybridized carbons (Fsp3) is 0.393. The molecule has 2 saturated heterocycles. The average Bonchev–Trinajstić information content (AvgIpc) is 3.37. The van der Waals surface area contributed by atoms with E-state index in [4.69, 9.17) is 16.9 Å². The van der Waals surface area contributed by atoms with E-state index in [0.717, 1.165) is 11.3 Å². The summed E-state index contributed by atoms with van der Waals surface area (Å²) in [5, 5.41) is 29.5. The van der Waals surface area contributed by atoms with E-state index in [9.17, 15) is 9.90 Å². The Bertz CT molecular complexity index is 1280. The van der Waals surface area contributed by atoms with Crippen molar-refractivity contribution in [1.29, 1.82) is 5.26 Å². The number of halogens is 1. The van der Waals surface area contributed by atoms with Gasteiger partial charge in [-0.1, -0.05) is 55.8 Å². The standard InChI is InChI=1S/C28H29ClN6O2/c1-18-14-35(15-19(2)28(18,37)20-6-4-3-5-7-20)27(36)24-17-34(26-11-9-22(12-30)32-33-26)16-23(24)25-10-8-21(29)13-31-25/h3-11,13,18-19,23-24,37H,14-17H2,1-2H3/t18-,19+,23-,24-,28-/m1/s1. The molecule has 0 saturated carbocycles. The van der Waals surface area contributed by atoms with E-state index in [1.165, 1.54) is 0 Å². The summed E-state index contributed by atoms with van der Waals surface area (Å²) in [5.74, 6) is -0.142. The predicted octanol–water partition coefficient (Wildman–Crippen LogP) is 3.62. The fourth-order valence-electron chi connectivity index (χ4n) is 5.89. The molecule has 1 amide bonds. The quantitative estimate of drug-likeness (QED) is 0.564. The Labute approximate surface area is 221 Å². The molecular formula is C28H29ClN6O2. The minimum atomic E-state index is -1.00. The number of hydrogen-bond acceptors (Lipinski definition) is 7. The van der Waals surface area contributed by atoms with Crippen molar-refractivity contribution in [1.82, 2.24) is 20.1 Å². The highest BCUT2D eigenvalue weighted by molar-refractivity contribution is 6.30. The van der Waals surface area contributed by atoms with Crippen LogP contribution in [0.2, 0.25) is 5.02 Å². The molecule has 1 N–H and O–H groups in total. The van der Waals surface area contributed by atoms with Crippen LogP contribution in [0.1, 0.15) is 36.7 Å². The summed E-state index contributed by atoms with van der Waals surface area (Å²) >= 11 is 6.09. The summed E-state index contributed by atoms with van der Waals surface area (Å²) < 4.78 is 0. The van der Waals surface area contributed by atoms with Gasteiger partial charge in [-0.25, -0.2) is 0 Å². The number of likely N-dealkylation sites (tertiary alicyclic amines) is 1. The molecule has 4 heterocycles. The third-order valence-corrected chi connectivity index (χ3v) is 8.12. The third kappa shape index (κ3) is 4.65. The Balaban J connectivity index is 1.41. The number of carbonyl (C=O) groups is 1. The maximum atomic E-state index is 14.1. The van der Waals surface area contributed by atoms with Gasteiger partial charge in [-0.2, -0.15) is 5.26 Å². The SMILES string of the molecule is C[C@@H]1CN(C(=O)[C@@H]2CN(c3ccc(C#N)nn3)C[C@H]2c2ccc(Cl)cn2)C[C@H](C)[C@@]1(O)c1ccccc1. The lowest BCUT2D eigenvalue weighted by atomic mass is 9.70. The van der Waals surface area contributed by atoms with Crippen molar-refractivity contribution in [3.8, 4) is 6.07 Å². The molecule has 5 rings (SSSR count). The molecule has 2 fully saturated rings. The van der Waals surface area contributed by atoms with E-state index in [1.807, 2.05) is 66.1 Å². The van der Waals surface area contributed by atoms with Crippen molar-refractivity contribution in [3.05, 3.63) is 82.8 Å². The molecule has 0 unspecified atom stereocenters. The summed E-state index contributed by atoms with van der Waals surface area (Å²) in [7, 11) is 0. The van der Waals surface area contributed by atoms with Gasteiger partial charge in [0.25, 0.3) is 0 Å². The van der Waals surface area contributed by atoms with Gasteiger partial charge in [-0.3, -0.25) is 9.78 Å². The number of aromatic nitrogens is 3. The highest BCUT2D eigenvalue weighted by atomic mass is 35.5. The lowest BCUT2D eigenvalue weighted by Crippen LogP contribution is -2.57. The molecule has 0 aliphatic carbocycles. The minimum Gasteiger partial charge on any atom is -0.384 e. The monoisotopic (exact) mass is 516 g/mol. The van der Waals surface area contributed by atoms with Crippen LogP contribution in [0.25, 0.3) is 0 Å². The van der Waals surface area contributed by atoms with Crippen molar-refractivity contribution in [2.24, 2.45) is 17.8 Å². The minimum absolute atomic E-state index is 0.0414. The molecule has 37 heavy (non-hydrogen) atoms. The smallest absolute Gasteiger partial charge is 0.228 e. The summed E-state index contributed by atoms with van der Waals surface area (Å²) in [5.41, 5.74) is 0.922. The Morgan fingerprint density at radius 3 is 2.35 bits per heavy atom. The Morgan fingerprint density at radius 2 is 1.76 bits per heavy atom. The topological polar surface area (TPSA) is 106 Å². The lowest BCUT2D eigenvalue weighted by molar-refractivity contribution is -0.152. The van der Waals surface area contributed by atoms with Gasteiger partial charge < -0.3 is 14.9 Å². The average molecular weight is 517 g/mol. The Morgan fingerprint density at radius 1 is 1.03 bits per heavy atom. The van der Waals surface area contributed by atoms with Gasteiger partial charge in [0.15, 0.2) is 11.5 Å². The second-order valence-corrected chi connectivity index (χ2v) is 10.6. The predicted molar refractivity (Wildman–Crippen MR) is 140 cm³/mol. The summed E-state index contributed by atoms with van der Waals surface area (Å²) in [6.45, 7) is 5.93. The molecule has 3 aromatic rings. The highest BCUT2D eigenvalue weighted by Crippen LogP contribution is 2.43. The van der Waals surface area contributed by atoms with Gasteiger partial charge in [0, 0.05) is 55.8 Å². The molecule has 8 nitrogen and oxygen atoms in total. The Hall–Kier alpha value is -3.54. The second kappa shape index (κ2) is 10.1. The first-order valence-electron chi connectivity index (χ1n) is 12.5. The maximum absolute atomic E-state index is 14.1. The number of pyridine rings is 1. The molecular weight excluding hydrogens is 488 g/mol. The van der Waals surface area contributed by atoms with Crippen LogP contribution in [0.3, 0.4) is 0 Å². The number of nitriles is 1. The van der Waals surface area contributed by atoms with Crippen LogP contribution < -0.4 is 4.90 Å². The van der Waals surface area contributed by atoms with Crippen LogP contribution in [0.5, 0.6) is 0 Å².